The molecule has 0 radical (unpaired) electrons. The van der Waals surface area contributed by atoms with Crippen LogP contribution < -0.4 is 16.2 Å². The topological polar surface area (TPSA) is 157 Å². The molecule has 33 heavy (non-hydrogen) atoms. The first-order valence-electron chi connectivity index (χ1n) is 9.76. The van der Waals surface area contributed by atoms with Crippen molar-refractivity contribution in [2.45, 2.75) is 4.90 Å². The molecule has 6 N–H and O–H groups in total. The molecule has 0 aliphatic carbocycles. The van der Waals surface area contributed by atoms with E-state index in [1.165, 1.54) is 16.9 Å². The van der Waals surface area contributed by atoms with Crippen molar-refractivity contribution in [1.82, 2.24) is 9.78 Å². The smallest absolute Gasteiger partial charge is 0.274 e. The summed E-state index contributed by atoms with van der Waals surface area (Å²) in [5.74, 6) is -0.475. The summed E-state index contributed by atoms with van der Waals surface area (Å²) in [6.07, 6.45) is 1.50. The third-order valence-corrected chi connectivity index (χ3v) is 5.89. The number of benzene rings is 3. The monoisotopic (exact) mass is 460 g/mol. The number of nitrogens with two attached hydrogens (primary N) is 2. The standard InChI is InChI=1S/C23H20N6O3S/c24-22(25)16-4-3-5-18(14-16)29-20(12-13-27-29)23(30)28-17-10-8-15(9-11-17)19-6-1-2-7-21(19)33(26,31)32/h1-14H,(H3,24,25)(H,28,30)(H2,26,31,32). The average molecular weight is 461 g/mol. The number of hydrogen-bond acceptors (Lipinski definition) is 5. The number of amidine groups is 1. The molecule has 0 atom stereocenters. The third-order valence-electron chi connectivity index (χ3n) is 4.92. The minimum Gasteiger partial charge on any atom is -0.384 e. The van der Waals surface area contributed by atoms with E-state index in [0.29, 0.717) is 33.8 Å². The van der Waals surface area contributed by atoms with Crippen LogP contribution in [-0.2, 0) is 10.0 Å². The highest BCUT2D eigenvalue weighted by atomic mass is 32.2. The van der Waals surface area contributed by atoms with Crippen molar-refractivity contribution in [1.29, 1.82) is 5.41 Å². The van der Waals surface area contributed by atoms with Crippen LogP contribution in [0.5, 0.6) is 0 Å². The van der Waals surface area contributed by atoms with Crippen molar-refractivity contribution in [3.63, 3.8) is 0 Å². The first-order chi connectivity index (χ1) is 15.7. The molecule has 1 aromatic heterocycles. The van der Waals surface area contributed by atoms with Gasteiger partial charge in [0.1, 0.15) is 11.5 Å². The Bertz CT molecular complexity index is 1460. The molecule has 0 aliphatic heterocycles. The number of carbonyl (C=O) groups is 1. The Morgan fingerprint density at radius 3 is 2.39 bits per heavy atom. The lowest BCUT2D eigenvalue weighted by molar-refractivity contribution is 0.101. The van der Waals surface area contributed by atoms with Crippen LogP contribution in [0.3, 0.4) is 0 Å². The second kappa shape index (κ2) is 8.69. The van der Waals surface area contributed by atoms with Crippen LogP contribution in [0.4, 0.5) is 5.69 Å². The largest absolute Gasteiger partial charge is 0.384 e. The summed E-state index contributed by atoms with van der Waals surface area (Å²) in [5.41, 5.74) is 8.59. The van der Waals surface area contributed by atoms with Gasteiger partial charge in [-0.25, -0.2) is 18.2 Å². The summed E-state index contributed by atoms with van der Waals surface area (Å²) in [4.78, 5) is 12.9. The number of nitrogen functional groups attached to an aromatic ring is 1. The molecule has 0 aliphatic rings. The number of hydrogen-bond donors (Lipinski definition) is 4. The fourth-order valence-corrected chi connectivity index (χ4v) is 4.13. The van der Waals surface area contributed by atoms with E-state index in [0.717, 1.165) is 0 Å². The fourth-order valence-electron chi connectivity index (χ4n) is 3.37. The molecule has 4 rings (SSSR count). The number of primary sulfonamides is 1. The molecule has 0 unspecified atom stereocenters. The second-order valence-electron chi connectivity index (χ2n) is 7.16. The Hall–Kier alpha value is -4.28. The first kappa shape index (κ1) is 21.9. The van der Waals surface area contributed by atoms with Gasteiger partial charge in [-0.1, -0.05) is 42.5 Å². The van der Waals surface area contributed by atoms with Crippen LogP contribution in [0, 0.1) is 5.41 Å². The van der Waals surface area contributed by atoms with Crippen molar-refractivity contribution in [3.05, 3.63) is 96.3 Å². The van der Waals surface area contributed by atoms with Crippen molar-refractivity contribution < 1.29 is 13.2 Å². The van der Waals surface area contributed by atoms with Gasteiger partial charge in [-0.2, -0.15) is 5.10 Å². The fraction of sp³-hybridized carbons (Fsp3) is 0. The molecule has 0 bridgehead atoms. The van der Waals surface area contributed by atoms with E-state index in [1.807, 2.05) is 0 Å². The lowest BCUT2D eigenvalue weighted by Crippen LogP contribution is -2.17. The maximum Gasteiger partial charge on any atom is 0.274 e. The van der Waals surface area contributed by atoms with E-state index in [1.54, 1.807) is 72.8 Å². The summed E-state index contributed by atoms with van der Waals surface area (Å²) in [6.45, 7) is 0. The Morgan fingerprint density at radius 2 is 1.70 bits per heavy atom. The lowest BCUT2D eigenvalue weighted by atomic mass is 10.1. The molecule has 0 saturated carbocycles. The van der Waals surface area contributed by atoms with Crippen LogP contribution in [0.25, 0.3) is 16.8 Å². The zero-order chi connectivity index (χ0) is 23.6. The van der Waals surface area contributed by atoms with Gasteiger partial charge in [0, 0.05) is 16.8 Å². The van der Waals surface area contributed by atoms with Gasteiger partial charge in [-0.3, -0.25) is 10.2 Å². The second-order valence-corrected chi connectivity index (χ2v) is 8.69. The molecule has 0 saturated heterocycles. The highest BCUT2D eigenvalue weighted by Crippen LogP contribution is 2.27. The van der Waals surface area contributed by atoms with Crippen LogP contribution in [0.1, 0.15) is 16.1 Å². The van der Waals surface area contributed by atoms with E-state index in [9.17, 15) is 13.2 Å². The van der Waals surface area contributed by atoms with E-state index < -0.39 is 15.9 Å². The minimum atomic E-state index is -3.88. The Labute approximate surface area is 190 Å². The molecular formula is C23H20N6O3S. The lowest BCUT2D eigenvalue weighted by Gasteiger charge is -2.11. The van der Waals surface area contributed by atoms with E-state index in [-0.39, 0.29) is 10.7 Å². The summed E-state index contributed by atoms with van der Waals surface area (Å²) in [7, 11) is -3.88. The van der Waals surface area contributed by atoms with Crippen LogP contribution in [-0.4, -0.2) is 29.9 Å². The quantitative estimate of drug-likeness (QED) is 0.257. The van der Waals surface area contributed by atoms with Crippen LogP contribution in [0.2, 0.25) is 0 Å². The van der Waals surface area contributed by atoms with Gasteiger partial charge in [0.15, 0.2) is 0 Å². The number of amides is 1. The highest BCUT2D eigenvalue weighted by Gasteiger charge is 2.16. The summed E-state index contributed by atoms with van der Waals surface area (Å²) in [5, 5.41) is 19.9. The van der Waals surface area contributed by atoms with Crippen molar-refractivity contribution in [2.75, 3.05) is 5.32 Å². The molecule has 3 aromatic carbocycles. The predicted octanol–water partition coefficient (Wildman–Crippen LogP) is 2.72. The van der Waals surface area contributed by atoms with Crippen molar-refractivity contribution in [3.8, 4) is 16.8 Å². The Kier molecular flexibility index (Phi) is 5.78. The summed E-state index contributed by atoms with van der Waals surface area (Å²) >= 11 is 0. The van der Waals surface area contributed by atoms with Gasteiger partial charge in [-0.05, 0) is 42.0 Å². The molecule has 10 heteroatoms. The number of nitrogens with one attached hydrogen (secondary N) is 2. The van der Waals surface area contributed by atoms with Crippen LogP contribution in [0.15, 0.2) is 90.0 Å². The number of aromatic nitrogens is 2. The summed E-state index contributed by atoms with van der Waals surface area (Å²) < 4.78 is 25.2. The van der Waals surface area contributed by atoms with Gasteiger partial charge in [0.2, 0.25) is 10.0 Å². The number of carbonyl (C=O) groups excluding carboxylic acids is 1. The van der Waals surface area contributed by atoms with Gasteiger partial charge < -0.3 is 11.1 Å². The van der Waals surface area contributed by atoms with E-state index in [4.69, 9.17) is 16.3 Å². The van der Waals surface area contributed by atoms with E-state index in [2.05, 4.69) is 10.4 Å². The molecule has 0 spiro atoms. The SMILES string of the molecule is N=C(N)c1cccc(-n2nccc2C(=O)Nc2ccc(-c3ccccc3S(N)(=O)=O)cc2)c1. The molecule has 9 nitrogen and oxygen atoms in total. The minimum absolute atomic E-state index is 0.0264. The van der Waals surface area contributed by atoms with Gasteiger partial charge in [0.25, 0.3) is 5.91 Å². The summed E-state index contributed by atoms with van der Waals surface area (Å²) in [6, 6.07) is 21.6. The molecule has 0 fully saturated rings. The number of sulfonamides is 1. The van der Waals surface area contributed by atoms with Crippen LogP contribution >= 0.6 is 0 Å². The van der Waals surface area contributed by atoms with Gasteiger partial charge in [0.05, 0.1) is 16.8 Å². The molecule has 1 heterocycles. The molecular weight excluding hydrogens is 440 g/mol. The van der Waals surface area contributed by atoms with E-state index >= 15 is 0 Å². The first-order valence-corrected chi connectivity index (χ1v) is 11.3. The maximum absolute atomic E-state index is 12.9. The predicted molar refractivity (Wildman–Crippen MR) is 126 cm³/mol. The highest BCUT2D eigenvalue weighted by molar-refractivity contribution is 7.89. The maximum atomic E-state index is 12.9. The average Bonchev–Trinajstić information content (AvgIpc) is 3.29. The number of nitrogens with zero attached hydrogens (tertiary/aromatic N) is 2. The normalized spacial score (nSPS) is 11.2. The van der Waals surface area contributed by atoms with Gasteiger partial charge >= 0.3 is 0 Å². The third kappa shape index (κ3) is 4.66. The van der Waals surface area contributed by atoms with Crippen molar-refractivity contribution >= 4 is 27.5 Å². The zero-order valence-corrected chi connectivity index (χ0v) is 18.1. The number of rotatable bonds is 6. The molecule has 4 aromatic rings. The zero-order valence-electron chi connectivity index (χ0n) is 17.3. The Morgan fingerprint density at radius 1 is 0.970 bits per heavy atom. The molecule has 1 amide bonds. The Balaban J connectivity index is 1.58. The number of anilines is 1. The van der Waals surface area contributed by atoms with Gasteiger partial charge in [-0.15, -0.1) is 0 Å². The molecule has 166 valence electrons. The van der Waals surface area contributed by atoms with Crippen molar-refractivity contribution in [2.24, 2.45) is 10.9 Å².